The van der Waals surface area contributed by atoms with Crippen LogP contribution < -0.4 is 10.1 Å². The zero-order valence-corrected chi connectivity index (χ0v) is 16.0. The SMILES string of the molecule is COc1ccc(C23CC4CC(CC(C(=O)NCc5ccc[nH]5)(C4)C2)C3)cc1. The van der Waals surface area contributed by atoms with E-state index in [4.69, 9.17) is 4.74 Å². The molecular weight excluding hydrogens is 336 g/mol. The number of ether oxygens (including phenoxy) is 1. The molecule has 4 saturated carbocycles. The minimum Gasteiger partial charge on any atom is -0.497 e. The number of benzene rings is 1. The number of aromatic amines is 1. The maximum absolute atomic E-state index is 13.3. The monoisotopic (exact) mass is 364 g/mol. The predicted molar refractivity (Wildman–Crippen MR) is 104 cm³/mol. The van der Waals surface area contributed by atoms with Crippen LogP contribution in [0.2, 0.25) is 0 Å². The minimum atomic E-state index is -0.184. The van der Waals surface area contributed by atoms with Crippen LogP contribution in [0.3, 0.4) is 0 Å². The Morgan fingerprint density at radius 2 is 1.89 bits per heavy atom. The van der Waals surface area contributed by atoms with E-state index in [-0.39, 0.29) is 16.7 Å². The van der Waals surface area contributed by atoms with Gasteiger partial charge in [0, 0.05) is 11.9 Å². The molecule has 4 heteroatoms. The summed E-state index contributed by atoms with van der Waals surface area (Å²) in [7, 11) is 1.71. The molecule has 1 aromatic carbocycles. The molecule has 2 aromatic rings. The van der Waals surface area contributed by atoms with Crippen LogP contribution in [-0.2, 0) is 16.8 Å². The predicted octanol–water partition coefficient (Wildman–Crippen LogP) is 4.18. The molecule has 4 nitrogen and oxygen atoms in total. The normalized spacial score (nSPS) is 33.8. The molecule has 1 heterocycles. The van der Waals surface area contributed by atoms with Gasteiger partial charge in [-0.2, -0.15) is 0 Å². The lowest BCUT2D eigenvalue weighted by Gasteiger charge is -2.61. The largest absolute Gasteiger partial charge is 0.497 e. The first-order valence-corrected chi connectivity index (χ1v) is 10.2. The molecular formula is C23H28N2O2. The second kappa shape index (κ2) is 6.15. The zero-order valence-electron chi connectivity index (χ0n) is 16.0. The maximum Gasteiger partial charge on any atom is 0.226 e. The highest BCUT2D eigenvalue weighted by atomic mass is 16.5. The van der Waals surface area contributed by atoms with Crippen molar-refractivity contribution in [2.24, 2.45) is 17.3 Å². The molecule has 2 N–H and O–H groups in total. The van der Waals surface area contributed by atoms with Gasteiger partial charge in [0.2, 0.25) is 5.91 Å². The van der Waals surface area contributed by atoms with Crippen LogP contribution in [-0.4, -0.2) is 18.0 Å². The summed E-state index contributed by atoms with van der Waals surface area (Å²) in [4.78, 5) is 16.5. The van der Waals surface area contributed by atoms with E-state index >= 15 is 0 Å². The summed E-state index contributed by atoms with van der Waals surface area (Å²) < 4.78 is 5.35. The molecule has 2 unspecified atom stereocenters. The highest BCUT2D eigenvalue weighted by Gasteiger charge is 2.60. The van der Waals surface area contributed by atoms with Crippen LogP contribution in [0.15, 0.2) is 42.6 Å². The Hall–Kier alpha value is -2.23. The van der Waals surface area contributed by atoms with Crippen LogP contribution in [0.4, 0.5) is 0 Å². The molecule has 27 heavy (non-hydrogen) atoms. The third-order valence-corrected chi connectivity index (χ3v) is 7.35. The van der Waals surface area contributed by atoms with Gasteiger partial charge in [0.1, 0.15) is 5.75 Å². The standard InChI is InChI=1S/C23H28N2O2/c1-27-20-6-4-18(5-7-20)22-10-16-9-17(11-22)13-23(12-16,15-22)21(26)25-14-19-3-2-8-24-19/h2-8,16-17,24H,9-15H2,1H3,(H,25,26). The fourth-order valence-corrected chi connectivity index (χ4v) is 6.65. The van der Waals surface area contributed by atoms with E-state index in [1.54, 1.807) is 7.11 Å². The molecule has 4 aliphatic rings. The number of H-pyrrole nitrogens is 1. The summed E-state index contributed by atoms with van der Waals surface area (Å²) in [6, 6.07) is 12.6. The van der Waals surface area contributed by atoms with Crippen LogP contribution in [0.1, 0.15) is 49.8 Å². The van der Waals surface area contributed by atoms with Crippen LogP contribution in [0.25, 0.3) is 0 Å². The van der Waals surface area contributed by atoms with Gasteiger partial charge >= 0.3 is 0 Å². The number of hydrogen-bond acceptors (Lipinski definition) is 2. The Bertz CT molecular complexity index is 811. The van der Waals surface area contributed by atoms with Crippen LogP contribution >= 0.6 is 0 Å². The number of methoxy groups -OCH3 is 1. The number of hydrogen-bond donors (Lipinski definition) is 2. The number of carbonyl (C=O) groups excluding carboxylic acids is 1. The van der Waals surface area contributed by atoms with Crippen molar-refractivity contribution in [3.05, 3.63) is 53.9 Å². The van der Waals surface area contributed by atoms with Crippen molar-refractivity contribution in [1.29, 1.82) is 0 Å². The highest BCUT2D eigenvalue weighted by molar-refractivity contribution is 5.83. The molecule has 4 aliphatic carbocycles. The van der Waals surface area contributed by atoms with Crippen molar-refractivity contribution in [3.63, 3.8) is 0 Å². The van der Waals surface area contributed by atoms with Crippen LogP contribution in [0.5, 0.6) is 5.75 Å². The van der Waals surface area contributed by atoms with Crippen molar-refractivity contribution in [2.45, 2.75) is 50.5 Å². The molecule has 2 atom stereocenters. The first-order valence-electron chi connectivity index (χ1n) is 10.2. The third-order valence-electron chi connectivity index (χ3n) is 7.35. The lowest BCUT2D eigenvalue weighted by Crippen LogP contribution is -2.59. The maximum atomic E-state index is 13.3. The van der Waals surface area contributed by atoms with E-state index in [1.165, 1.54) is 24.8 Å². The Labute approximate surface area is 160 Å². The van der Waals surface area contributed by atoms with Crippen molar-refractivity contribution in [3.8, 4) is 5.75 Å². The van der Waals surface area contributed by atoms with Gasteiger partial charge < -0.3 is 15.0 Å². The molecule has 0 saturated heterocycles. The van der Waals surface area contributed by atoms with E-state index in [9.17, 15) is 4.79 Å². The highest BCUT2D eigenvalue weighted by Crippen LogP contribution is 2.65. The van der Waals surface area contributed by atoms with Crippen molar-refractivity contribution in [2.75, 3.05) is 7.11 Å². The van der Waals surface area contributed by atoms with Gasteiger partial charge in [-0.1, -0.05) is 12.1 Å². The molecule has 1 amide bonds. The van der Waals surface area contributed by atoms with Gasteiger partial charge in [0.05, 0.1) is 19.1 Å². The number of nitrogens with one attached hydrogen (secondary N) is 2. The molecule has 1 aromatic heterocycles. The molecule has 0 spiro atoms. The number of aromatic nitrogens is 1. The summed E-state index contributed by atoms with van der Waals surface area (Å²) >= 11 is 0. The molecule has 6 rings (SSSR count). The van der Waals surface area contributed by atoms with Crippen molar-refractivity contribution < 1.29 is 9.53 Å². The first-order chi connectivity index (χ1) is 13.1. The molecule has 0 aliphatic heterocycles. The molecule has 142 valence electrons. The number of rotatable bonds is 5. The van der Waals surface area contributed by atoms with Gasteiger partial charge in [0.25, 0.3) is 0 Å². The van der Waals surface area contributed by atoms with E-state index < -0.39 is 0 Å². The van der Waals surface area contributed by atoms with Gasteiger partial charge in [-0.25, -0.2) is 0 Å². The second-order valence-electron chi connectivity index (χ2n) is 9.13. The number of amides is 1. The van der Waals surface area contributed by atoms with Gasteiger partial charge in [-0.05, 0) is 85.6 Å². The quantitative estimate of drug-likeness (QED) is 0.836. The van der Waals surface area contributed by atoms with E-state index in [2.05, 4.69) is 34.6 Å². The van der Waals surface area contributed by atoms with Gasteiger partial charge in [-0.3, -0.25) is 4.79 Å². The van der Waals surface area contributed by atoms with Crippen LogP contribution in [0, 0.1) is 17.3 Å². The summed E-state index contributed by atoms with van der Waals surface area (Å²) in [6.07, 6.45) is 8.82. The average molecular weight is 364 g/mol. The molecule has 4 fully saturated rings. The zero-order chi connectivity index (χ0) is 18.5. The Morgan fingerprint density at radius 3 is 2.52 bits per heavy atom. The molecule has 0 radical (unpaired) electrons. The second-order valence-corrected chi connectivity index (χ2v) is 9.13. The fourth-order valence-electron chi connectivity index (χ4n) is 6.65. The van der Waals surface area contributed by atoms with E-state index in [1.807, 2.05) is 18.3 Å². The topological polar surface area (TPSA) is 54.1 Å². The first kappa shape index (κ1) is 16.9. The third kappa shape index (κ3) is 2.77. The lowest BCUT2D eigenvalue weighted by molar-refractivity contribution is -0.149. The van der Waals surface area contributed by atoms with Crippen molar-refractivity contribution in [1.82, 2.24) is 10.3 Å². The lowest BCUT2D eigenvalue weighted by atomic mass is 9.42. The summed E-state index contributed by atoms with van der Waals surface area (Å²) in [5.41, 5.74) is 2.45. The Kier molecular flexibility index (Phi) is 3.85. The molecule has 4 bridgehead atoms. The van der Waals surface area contributed by atoms with Gasteiger partial charge in [-0.15, -0.1) is 0 Å². The summed E-state index contributed by atoms with van der Waals surface area (Å²) in [5, 5.41) is 3.24. The number of carbonyl (C=O) groups is 1. The van der Waals surface area contributed by atoms with E-state index in [0.717, 1.165) is 30.7 Å². The minimum absolute atomic E-state index is 0.167. The Balaban J connectivity index is 1.41. The fraction of sp³-hybridized carbons (Fsp3) is 0.522. The summed E-state index contributed by atoms with van der Waals surface area (Å²) in [5.74, 6) is 2.54. The smallest absolute Gasteiger partial charge is 0.226 e. The van der Waals surface area contributed by atoms with E-state index in [0.29, 0.717) is 18.4 Å². The van der Waals surface area contributed by atoms with Crippen molar-refractivity contribution >= 4 is 5.91 Å². The summed E-state index contributed by atoms with van der Waals surface area (Å²) in [6.45, 7) is 0.596. The Morgan fingerprint density at radius 1 is 1.15 bits per heavy atom. The average Bonchev–Trinajstić information content (AvgIpc) is 3.19. The van der Waals surface area contributed by atoms with Gasteiger partial charge in [0.15, 0.2) is 0 Å².